The predicted octanol–water partition coefficient (Wildman–Crippen LogP) is 4.59. The van der Waals surface area contributed by atoms with Gasteiger partial charge in [-0.05, 0) is 54.1 Å². The number of esters is 1. The van der Waals surface area contributed by atoms with Gasteiger partial charge in [0.15, 0.2) is 6.61 Å². The number of amides is 3. The van der Waals surface area contributed by atoms with Crippen LogP contribution in [-0.4, -0.2) is 35.2 Å². The molecule has 0 bridgehead atoms. The molecule has 1 aliphatic heterocycles. The van der Waals surface area contributed by atoms with E-state index in [-0.39, 0.29) is 23.2 Å². The highest BCUT2D eigenvalue weighted by Crippen LogP contribution is 2.26. The van der Waals surface area contributed by atoms with Crippen LogP contribution in [0.2, 0.25) is 10.0 Å². The summed E-state index contributed by atoms with van der Waals surface area (Å²) in [7, 11) is 0. The maximum absolute atomic E-state index is 12.8. The quantitative estimate of drug-likeness (QED) is 0.409. The Morgan fingerprint density at radius 3 is 2.30 bits per heavy atom. The van der Waals surface area contributed by atoms with E-state index in [1.165, 1.54) is 18.2 Å². The number of ether oxygens (including phenoxy) is 1. The molecule has 3 amide bonds. The van der Waals surface area contributed by atoms with Crippen LogP contribution in [0, 0.1) is 0 Å². The molecule has 0 radical (unpaired) electrons. The van der Waals surface area contributed by atoms with E-state index in [9.17, 15) is 19.2 Å². The molecule has 0 fully saturated rings. The Labute approximate surface area is 198 Å². The summed E-state index contributed by atoms with van der Waals surface area (Å²) in [5.41, 5.74) is 1.56. The fourth-order valence-corrected chi connectivity index (χ4v) is 3.63. The van der Waals surface area contributed by atoms with Gasteiger partial charge in [-0.1, -0.05) is 41.4 Å². The average molecular weight is 483 g/mol. The number of carbonyl (C=O) groups excluding carboxylic acids is 4. The van der Waals surface area contributed by atoms with Crippen LogP contribution in [0.15, 0.2) is 66.7 Å². The van der Waals surface area contributed by atoms with Crippen LogP contribution in [-0.2, 0) is 16.1 Å². The smallest absolute Gasteiger partial charge is 0.338 e. The van der Waals surface area contributed by atoms with Crippen LogP contribution in [0.5, 0.6) is 0 Å². The second kappa shape index (κ2) is 9.44. The molecule has 0 unspecified atom stereocenters. The lowest BCUT2D eigenvalue weighted by atomic mass is 10.1. The number of fused-ring (bicyclic) bond motifs is 1. The number of benzene rings is 3. The number of halogens is 2. The number of hydrogen-bond donors (Lipinski definition) is 1. The summed E-state index contributed by atoms with van der Waals surface area (Å²) in [6.07, 6.45) is 0. The average Bonchev–Trinajstić information content (AvgIpc) is 3.03. The molecule has 0 aliphatic carbocycles. The summed E-state index contributed by atoms with van der Waals surface area (Å²) in [6, 6.07) is 17.4. The minimum absolute atomic E-state index is 0.0544. The number of hydrogen-bond acceptors (Lipinski definition) is 5. The minimum Gasteiger partial charge on any atom is -0.452 e. The molecule has 7 nitrogen and oxygen atoms in total. The Kier molecular flexibility index (Phi) is 6.44. The minimum atomic E-state index is -0.796. The fraction of sp³-hybridized carbons (Fsp3) is 0.0833. The molecule has 0 atom stereocenters. The lowest BCUT2D eigenvalue weighted by Crippen LogP contribution is -2.29. The summed E-state index contributed by atoms with van der Waals surface area (Å²) in [4.78, 5) is 51.0. The van der Waals surface area contributed by atoms with Crippen molar-refractivity contribution in [3.8, 4) is 0 Å². The van der Waals surface area contributed by atoms with Crippen molar-refractivity contribution in [3.63, 3.8) is 0 Å². The summed E-state index contributed by atoms with van der Waals surface area (Å²) < 4.78 is 5.04. The molecular formula is C24H16Cl2N2O5. The van der Waals surface area contributed by atoms with Gasteiger partial charge in [0.25, 0.3) is 17.7 Å². The normalized spacial score (nSPS) is 12.5. The van der Waals surface area contributed by atoms with Gasteiger partial charge in [-0.25, -0.2) is 4.79 Å². The van der Waals surface area contributed by atoms with E-state index >= 15 is 0 Å². The Bertz CT molecular complexity index is 1270. The van der Waals surface area contributed by atoms with Crippen molar-refractivity contribution in [1.29, 1.82) is 0 Å². The predicted molar refractivity (Wildman–Crippen MR) is 122 cm³/mol. The first-order valence-corrected chi connectivity index (χ1v) is 10.5. The van der Waals surface area contributed by atoms with Crippen LogP contribution >= 0.6 is 23.2 Å². The Hall–Kier alpha value is -3.68. The molecule has 1 aliphatic rings. The van der Waals surface area contributed by atoms with E-state index in [2.05, 4.69) is 5.32 Å². The summed E-state index contributed by atoms with van der Waals surface area (Å²) in [5, 5.41) is 3.56. The van der Waals surface area contributed by atoms with Crippen LogP contribution in [0.4, 0.5) is 5.69 Å². The van der Waals surface area contributed by atoms with Gasteiger partial charge in [-0.15, -0.1) is 0 Å². The lowest BCUT2D eigenvalue weighted by molar-refractivity contribution is -0.119. The second-order valence-electron chi connectivity index (χ2n) is 7.22. The highest BCUT2D eigenvalue weighted by Gasteiger charge is 2.36. The molecule has 0 saturated carbocycles. The summed E-state index contributed by atoms with van der Waals surface area (Å²) in [5.74, 6) is -2.31. The molecule has 0 saturated heterocycles. The third kappa shape index (κ3) is 5.05. The van der Waals surface area contributed by atoms with E-state index in [1.54, 1.807) is 48.5 Å². The molecule has 0 aromatic heterocycles. The highest BCUT2D eigenvalue weighted by atomic mass is 35.5. The Balaban J connectivity index is 1.41. The molecule has 0 spiro atoms. The number of nitrogens with zero attached hydrogens (tertiary/aromatic N) is 1. The van der Waals surface area contributed by atoms with Gasteiger partial charge in [0, 0.05) is 15.7 Å². The van der Waals surface area contributed by atoms with Gasteiger partial charge < -0.3 is 10.1 Å². The van der Waals surface area contributed by atoms with Crippen LogP contribution in [0.25, 0.3) is 0 Å². The lowest BCUT2D eigenvalue weighted by Gasteiger charge is -2.13. The van der Waals surface area contributed by atoms with Gasteiger partial charge in [-0.2, -0.15) is 0 Å². The standard InChI is InChI=1S/C24H16Cl2N2O5/c25-16-7-4-14(5-8-16)12-28-22(30)19-9-6-15(10-20(19)23(28)31)24(32)33-13-21(29)27-18-3-1-2-17(26)11-18/h1-11H,12-13H2,(H,27,29). The first-order chi connectivity index (χ1) is 15.8. The number of imide groups is 1. The second-order valence-corrected chi connectivity index (χ2v) is 8.09. The third-order valence-corrected chi connectivity index (χ3v) is 5.39. The van der Waals surface area contributed by atoms with Gasteiger partial charge in [0.1, 0.15) is 0 Å². The van der Waals surface area contributed by atoms with Gasteiger partial charge >= 0.3 is 5.97 Å². The van der Waals surface area contributed by atoms with E-state index in [0.29, 0.717) is 15.7 Å². The zero-order valence-electron chi connectivity index (χ0n) is 17.0. The first kappa shape index (κ1) is 22.5. The van der Waals surface area contributed by atoms with Crippen molar-refractivity contribution in [1.82, 2.24) is 4.90 Å². The van der Waals surface area contributed by atoms with E-state index in [1.807, 2.05) is 0 Å². The van der Waals surface area contributed by atoms with Gasteiger partial charge in [-0.3, -0.25) is 19.3 Å². The van der Waals surface area contributed by atoms with Crippen LogP contribution in [0.1, 0.15) is 36.6 Å². The zero-order chi connectivity index (χ0) is 23.5. The largest absolute Gasteiger partial charge is 0.452 e. The number of anilines is 1. The number of rotatable bonds is 6. The molecule has 4 rings (SSSR count). The molecule has 3 aromatic carbocycles. The summed E-state index contributed by atoms with van der Waals surface area (Å²) in [6.45, 7) is -0.453. The molecule has 3 aromatic rings. The van der Waals surface area contributed by atoms with Crippen molar-refractivity contribution < 1.29 is 23.9 Å². The van der Waals surface area contributed by atoms with Crippen molar-refractivity contribution >= 4 is 52.6 Å². The van der Waals surface area contributed by atoms with E-state index in [0.717, 1.165) is 10.5 Å². The van der Waals surface area contributed by atoms with E-state index < -0.39 is 30.3 Å². The topological polar surface area (TPSA) is 92.8 Å². The Morgan fingerprint density at radius 2 is 1.58 bits per heavy atom. The maximum atomic E-state index is 12.8. The monoisotopic (exact) mass is 482 g/mol. The van der Waals surface area contributed by atoms with Gasteiger partial charge in [0.05, 0.1) is 23.2 Å². The van der Waals surface area contributed by atoms with Crippen molar-refractivity contribution in [3.05, 3.63) is 99.0 Å². The van der Waals surface area contributed by atoms with Crippen molar-refractivity contribution in [2.24, 2.45) is 0 Å². The van der Waals surface area contributed by atoms with Crippen molar-refractivity contribution in [2.45, 2.75) is 6.54 Å². The van der Waals surface area contributed by atoms with Crippen molar-refractivity contribution in [2.75, 3.05) is 11.9 Å². The third-order valence-electron chi connectivity index (χ3n) is 4.90. The SMILES string of the molecule is O=C(COC(=O)c1ccc2c(c1)C(=O)N(Cc1ccc(Cl)cc1)C2=O)Nc1cccc(Cl)c1. The molecule has 9 heteroatoms. The number of carbonyl (C=O) groups is 4. The first-order valence-electron chi connectivity index (χ1n) is 9.79. The molecule has 33 heavy (non-hydrogen) atoms. The maximum Gasteiger partial charge on any atom is 0.338 e. The Morgan fingerprint density at radius 1 is 0.848 bits per heavy atom. The fourth-order valence-electron chi connectivity index (χ4n) is 3.31. The molecule has 166 valence electrons. The highest BCUT2D eigenvalue weighted by molar-refractivity contribution is 6.31. The number of nitrogens with one attached hydrogen (secondary N) is 1. The van der Waals surface area contributed by atoms with E-state index in [4.69, 9.17) is 27.9 Å². The van der Waals surface area contributed by atoms with Crippen LogP contribution < -0.4 is 5.32 Å². The zero-order valence-corrected chi connectivity index (χ0v) is 18.5. The molecule has 1 heterocycles. The summed E-state index contributed by atoms with van der Waals surface area (Å²) >= 11 is 11.7. The molecule has 1 N–H and O–H groups in total. The van der Waals surface area contributed by atoms with Crippen LogP contribution in [0.3, 0.4) is 0 Å². The molecular weight excluding hydrogens is 467 g/mol. The van der Waals surface area contributed by atoms with Gasteiger partial charge in [0.2, 0.25) is 0 Å².